The third kappa shape index (κ3) is 5.03. The SMILES string of the molecule is CCCC(CSc1ccc(C(C)(C)C)cc1)NC. The normalized spacial score (nSPS) is 13.6. The highest BCUT2D eigenvalue weighted by Gasteiger charge is 2.13. The minimum absolute atomic E-state index is 0.249. The van der Waals surface area contributed by atoms with Gasteiger partial charge in [-0.05, 0) is 36.6 Å². The molecule has 102 valence electrons. The van der Waals surface area contributed by atoms with E-state index in [2.05, 4.69) is 64.3 Å². The van der Waals surface area contributed by atoms with E-state index in [-0.39, 0.29) is 5.41 Å². The Labute approximate surface area is 117 Å². The van der Waals surface area contributed by atoms with E-state index in [1.54, 1.807) is 0 Å². The van der Waals surface area contributed by atoms with Gasteiger partial charge in [-0.2, -0.15) is 0 Å². The van der Waals surface area contributed by atoms with Crippen LogP contribution in [0.15, 0.2) is 29.2 Å². The van der Waals surface area contributed by atoms with Crippen LogP contribution in [0.3, 0.4) is 0 Å². The van der Waals surface area contributed by atoms with Gasteiger partial charge in [0.15, 0.2) is 0 Å². The lowest BCUT2D eigenvalue weighted by Crippen LogP contribution is -2.27. The van der Waals surface area contributed by atoms with Crippen LogP contribution in [0.5, 0.6) is 0 Å². The Morgan fingerprint density at radius 1 is 1.17 bits per heavy atom. The van der Waals surface area contributed by atoms with Crippen LogP contribution in [-0.4, -0.2) is 18.8 Å². The minimum atomic E-state index is 0.249. The van der Waals surface area contributed by atoms with Gasteiger partial charge in [0.1, 0.15) is 0 Å². The van der Waals surface area contributed by atoms with Crippen LogP contribution in [0.4, 0.5) is 0 Å². The lowest BCUT2D eigenvalue weighted by Gasteiger charge is -2.19. The molecule has 0 heterocycles. The maximum atomic E-state index is 3.39. The molecule has 0 radical (unpaired) electrons. The summed E-state index contributed by atoms with van der Waals surface area (Å²) in [5, 5.41) is 3.39. The van der Waals surface area contributed by atoms with E-state index < -0.39 is 0 Å². The zero-order valence-electron chi connectivity index (χ0n) is 12.4. The maximum absolute atomic E-state index is 3.39. The van der Waals surface area contributed by atoms with E-state index >= 15 is 0 Å². The maximum Gasteiger partial charge on any atom is 0.0158 e. The number of hydrogen-bond donors (Lipinski definition) is 1. The molecule has 0 amide bonds. The van der Waals surface area contributed by atoms with Gasteiger partial charge in [-0.3, -0.25) is 0 Å². The zero-order chi connectivity index (χ0) is 13.6. The van der Waals surface area contributed by atoms with E-state index in [9.17, 15) is 0 Å². The average molecular weight is 265 g/mol. The third-order valence-electron chi connectivity index (χ3n) is 3.22. The molecule has 1 N–H and O–H groups in total. The summed E-state index contributed by atoms with van der Waals surface area (Å²) in [6.07, 6.45) is 2.50. The molecular weight excluding hydrogens is 238 g/mol. The second-order valence-corrected chi connectivity index (χ2v) is 6.95. The second kappa shape index (κ2) is 7.20. The van der Waals surface area contributed by atoms with Crippen molar-refractivity contribution in [1.82, 2.24) is 5.32 Å². The standard InChI is InChI=1S/C16H27NS/c1-6-7-14(17-5)12-18-15-10-8-13(9-11-15)16(2,3)4/h8-11,14,17H,6-7,12H2,1-5H3. The summed E-state index contributed by atoms with van der Waals surface area (Å²) in [5.41, 5.74) is 1.66. The second-order valence-electron chi connectivity index (χ2n) is 5.86. The van der Waals surface area contributed by atoms with Gasteiger partial charge >= 0.3 is 0 Å². The molecule has 0 fully saturated rings. The summed E-state index contributed by atoms with van der Waals surface area (Å²) in [4.78, 5) is 1.37. The lowest BCUT2D eigenvalue weighted by molar-refractivity contribution is 0.564. The van der Waals surface area contributed by atoms with Crippen molar-refractivity contribution in [2.24, 2.45) is 0 Å². The average Bonchev–Trinajstić information content (AvgIpc) is 2.34. The largest absolute Gasteiger partial charge is 0.316 e. The monoisotopic (exact) mass is 265 g/mol. The molecule has 0 aliphatic heterocycles. The van der Waals surface area contributed by atoms with Crippen molar-refractivity contribution in [2.45, 2.75) is 56.9 Å². The van der Waals surface area contributed by atoms with E-state index in [0.717, 1.165) is 5.75 Å². The molecule has 18 heavy (non-hydrogen) atoms. The molecule has 0 bridgehead atoms. The van der Waals surface area contributed by atoms with Gasteiger partial charge in [0.25, 0.3) is 0 Å². The number of rotatable bonds is 6. The predicted molar refractivity (Wildman–Crippen MR) is 83.6 cm³/mol. The van der Waals surface area contributed by atoms with Crippen molar-refractivity contribution < 1.29 is 0 Å². The molecule has 1 aromatic carbocycles. The van der Waals surface area contributed by atoms with Crippen molar-refractivity contribution in [1.29, 1.82) is 0 Å². The Hall–Kier alpha value is -0.470. The minimum Gasteiger partial charge on any atom is -0.316 e. The first-order valence-corrected chi connectivity index (χ1v) is 7.86. The van der Waals surface area contributed by atoms with Crippen molar-refractivity contribution in [3.63, 3.8) is 0 Å². The lowest BCUT2D eigenvalue weighted by atomic mass is 9.87. The molecule has 0 aliphatic carbocycles. The Bertz CT molecular complexity index is 337. The van der Waals surface area contributed by atoms with E-state index in [1.165, 1.54) is 23.3 Å². The number of hydrogen-bond acceptors (Lipinski definition) is 2. The smallest absolute Gasteiger partial charge is 0.0158 e. The Morgan fingerprint density at radius 3 is 2.22 bits per heavy atom. The molecule has 0 spiro atoms. The molecule has 2 heteroatoms. The van der Waals surface area contributed by atoms with Crippen LogP contribution in [-0.2, 0) is 5.41 Å². The Balaban J connectivity index is 2.53. The fourth-order valence-corrected chi connectivity index (χ4v) is 2.96. The highest BCUT2D eigenvalue weighted by molar-refractivity contribution is 7.99. The Kier molecular flexibility index (Phi) is 6.24. The molecule has 0 saturated heterocycles. The quantitative estimate of drug-likeness (QED) is 0.762. The first-order valence-electron chi connectivity index (χ1n) is 6.88. The van der Waals surface area contributed by atoms with Crippen LogP contribution in [0.25, 0.3) is 0 Å². The first kappa shape index (κ1) is 15.6. The van der Waals surface area contributed by atoms with Gasteiger partial charge in [0.2, 0.25) is 0 Å². The number of benzene rings is 1. The topological polar surface area (TPSA) is 12.0 Å². The molecule has 0 aromatic heterocycles. The molecule has 1 aromatic rings. The van der Waals surface area contributed by atoms with Crippen LogP contribution >= 0.6 is 11.8 Å². The van der Waals surface area contributed by atoms with E-state index in [1.807, 2.05) is 11.8 Å². The molecule has 1 atom stereocenters. The van der Waals surface area contributed by atoms with Gasteiger partial charge in [0, 0.05) is 16.7 Å². The molecule has 0 aliphatic rings. The summed E-state index contributed by atoms with van der Waals surface area (Å²) in [5.74, 6) is 1.15. The number of thioether (sulfide) groups is 1. The predicted octanol–water partition coefficient (Wildman–Crippen LogP) is 4.46. The summed E-state index contributed by atoms with van der Waals surface area (Å²) in [6.45, 7) is 9.02. The number of nitrogens with one attached hydrogen (secondary N) is 1. The van der Waals surface area contributed by atoms with E-state index in [0.29, 0.717) is 6.04 Å². The molecule has 1 unspecified atom stereocenters. The summed E-state index contributed by atoms with van der Waals surface area (Å²) >= 11 is 1.95. The van der Waals surface area contributed by atoms with Crippen molar-refractivity contribution >= 4 is 11.8 Å². The molecule has 1 nitrogen and oxygen atoms in total. The first-order chi connectivity index (χ1) is 8.47. The van der Waals surface area contributed by atoms with Gasteiger partial charge in [-0.15, -0.1) is 11.8 Å². The van der Waals surface area contributed by atoms with E-state index in [4.69, 9.17) is 0 Å². The van der Waals surface area contributed by atoms with Crippen LogP contribution in [0, 0.1) is 0 Å². The van der Waals surface area contributed by atoms with Gasteiger partial charge in [-0.25, -0.2) is 0 Å². The fraction of sp³-hybridized carbons (Fsp3) is 0.625. The summed E-state index contributed by atoms with van der Waals surface area (Å²) in [6, 6.07) is 9.66. The van der Waals surface area contributed by atoms with Crippen LogP contribution < -0.4 is 5.32 Å². The van der Waals surface area contributed by atoms with Gasteiger partial charge in [0.05, 0.1) is 0 Å². The van der Waals surface area contributed by atoms with Gasteiger partial charge in [-0.1, -0.05) is 46.2 Å². The fourth-order valence-electron chi connectivity index (χ4n) is 1.91. The Morgan fingerprint density at radius 2 is 1.78 bits per heavy atom. The van der Waals surface area contributed by atoms with Crippen molar-refractivity contribution in [2.75, 3.05) is 12.8 Å². The van der Waals surface area contributed by atoms with Crippen molar-refractivity contribution in [3.05, 3.63) is 29.8 Å². The van der Waals surface area contributed by atoms with Crippen LogP contribution in [0.1, 0.15) is 46.1 Å². The highest BCUT2D eigenvalue weighted by atomic mass is 32.2. The van der Waals surface area contributed by atoms with Crippen molar-refractivity contribution in [3.8, 4) is 0 Å². The van der Waals surface area contributed by atoms with Crippen LogP contribution in [0.2, 0.25) is 0 Å². The summed E-state index contributed by atoms with van der Waals surface area (Å²) < 4.78 is 0. The third-order valence-corrected chi connectivity index (χ3v) is 4.39. The zero-order valence-corrected chi connectivity index (χ0v) is 13.2. The molecule has 1 rings (SSSR count). The summed E-state index contributed by atoms with van der Waals surface area (Å²) in [7, 11) is 2.06. The highest BCUT2D eigenvalue weighted by Crippen LogP contribution is 2.26. The van der Waals surface area contributed by atoms with Gasteiger partial charge < -0.3 is 5.32 Å². The molecule has 0 saturated carbocycles. The molecular formula is C16H27NS.